The summed E-state index contributed by atoms with van der Waals surface area (Å²) in [6.07, 6.45) is 0.605. The lowest BCUT2D eigenvalue weighted by Gasteiger charge is -2.18. The summed E-state index contributed by atoms with van der Waals surface area (Å²) in [4.78, 5) is 17.6. The third kappa shape index (κ3) is 4.64. The molecule has 2 radical (unpaired) electrons. The van der Waals surface area contributed by atoms with Gasteiger partial charge in [-0.25, -0.2) is 9.37 Å². The minimum atomic E-state index is -0.517. The smallest absolute Gasteiger partial charge is 0.246 e. The van der Waals surface area contributed by atoms with Crippen LogP contribution in [-0.2, 0) is 19.6 Å². The molecule has 1 heterocycles. The van der Waals surface area contributed by atoms with Crippen molar-refractivity contribution in [2.45, 2.75) is 26.5 Å². The normalized spacial score (nSPS) is 10.8. The number of ether oxygens (including phenoxy) is 1. The highest BCUT2D eigenvalue weighted by atomic mass is 19.1. The number of hydrogen-bond donors (Lipinski definition) is 0. The van der Waals surface area contributed by atoms with Crippen LogP contribution in [0, 0.1) is 12.7 Å². The zero-order valence-corrected chi connectivity index (χ0v) is 17.8. The van der Waals surface area contributed by atoms with Crippen molar-refractivity contribution in [3.8, 4) is 17.1 Å². The van der Waals surface area contributed by atoms with E-state index in [1.165, 1.54) is 10.6 Å². The number of aromatic nitrogens is 2. The molecule has 0 aliphatic heterocycles. The van der Waals surface area contributed by atoms with Crippen LogP contribution < -0.4 is 15.8 Å². The maximum Gasteiger partial charge on any atom is 0.246 e. The molecule has 0 fully saturated rings. The summed E-state index contributed by atoms with van der Waals surface area (Å²) < 4.78 is 22.2. The van der Waals surface area contributed by atoms with Crippen molar-refractivity contribution in [2.75, 3.05) is 0 Å². The van der Waals surface area contributed by atoms with Gasteiger partial charge in [0.1, 0.15) is 20.3 Å². The molecule has 4 nitrogen and oxygen atoms in total. The minimum Gasteiger partial charge on any atom is -0.485 e. The number of benzene rings is 3. The fourth-order valence-electron chi connectivity index (χ4n) is 3.54. The molecule has 0 saturated carbocycles. The second-order valence-corrected chi connectivity index (χ2v) is 7.52. The molecule has 0 aliphatic rings. The van der Waals surface area contributed by atoms with Gasteiger partial charge in [-0.15, -0.1) is 0 Å². The first-order chi connectivity index (χ1) is 15.5. The topological polar surface area (TPSA) is 44.1 Å². The third-order valence-corrected chi connectivity index (χ3v) is 5.30. The molecule has 3 aromatic carbocycles. The molecule has 1 aromatic heterocycles. The van der Waals surface area contributed by atoms with Crippen LogP contribution in [0.3, 0.4) is 0 Å². The van der Waals surface area contributed by atoms with Crippen molar-refractivity contribution in [3.63, 3.8) is 0 Å². The Labute approximate surface area is 187 Å². The van der Waals surface area contributed by atoms with Gasteiger partial charge in [-0.1, -0.05) is 66.7 Å². The molecule has 0 bridgehead atoms. The summed E-state index contributed by atoms with van der Waals surface area (Å²) >= 11 is 0. The van der Waals surface area contributed by atoms with Gasteiger partial charge in [-0.05, 0) is 42.1 Å². The summed E-state index contributed by atoms with van der Waals surface area (Å²) in [6.45, 7) is 2.22. The van der Waals surface area contributed by atoms with E-state index < -0.39 is 5.82 Å². The van der Waals surface area contributed by atoms with E-state index in [1.54, 1.807) is 19.1 Å². The highest BCUT2D eigenvalue weighted by Crippen LogP contribution is 2.31. The lowest BCUT2D eigenvalue weighted by molar-refractivity contribution is 0.291. The molecule has 32 heavy (non-hydrogen) atoms. The summed E-state index contributed by atoms with van der Waals surface area (Å²) in [5.41, 5.74) is 2.54. The van der Waals surface area contributed by atoms with Gasteiger partial charge in [-0.3, -0.25) is 9.36 Å². The second kappa shape index (κ2) is 9.64. The SMILES string of the molecule is [B]c1c(C)nc(-c2cccc(F)c2OCc2ccccc2)n(CCc2ccccc2)c1=O. The largest absolute Gasteiger partial charge is 0.485 e. The molecule has 0 saturated heterocycles. The number of rotatable bonds is 7. The summed E-state index contributed by atoms with van der Waals surface area (Å²) in [6, 6.07) is 24.0. The molecule has 0 unspecified atom stereocenters. The average Bonchev–Trinajstić information content (AvgIpc) is 2.82. The Bertz CT molecular complexity index is 1270. The highest BCUT2D eigenvalue weighted by Gasteiger charge is 2.19. The number of para-hydroxylation sites is 1. The molecule has 4 rings (SSSR count). The van der Waals surface area contributed by atoms with Crippen molar-refractivity contribution in [3.05, 3.63) is 112 Å². The van der Waals surface area contributed by atoms with Crippen LogP contribution in [0.4, 0.5) is 4.39 Å². The van der Waals surface area contributed by atoms with E-state index in [4.69, 9.17) is 12.6 Å². The van der Waals surface area contributed by atoms with Crippen molar-refractivity contribution in [1.29, 1.82) is 0 Å². The quantitative estimate of drug-likeness (QED) is 0.422. The predicted molar refractivity (Wildman–Crippen MR) is 125 cm³/mol. The number of aryl methyl sites for hydroxylation is 2. The number of halogens is 1. The maximum absolute atomic E-state index is 14.8. The first kappa shape index (κ1) is 21.6. The van der Waals surface area contributed by atoms with E-state index in [0.29, 0.717) is 30.0 Å². The Morgan fingerprint density at radius 3 is 2.28 bits per heavy atom. The Hall–Kier alpha value is -3.67. The lowest BCUT2D eigenvalue weighted by Crippen LogP contribution is -2.39. The third-order valence-electron chi connectivity index (χ3n) is 5.30. The van der Waals surface area contributed by atoms with Gasteiger partial charge >= 0.3 is 0 Å². The van der Waals surface area contributed by atoms with Crippen LogP contribution >= 0.6 is 0 Å². The van der Waals surface area contributed by atoms with E-state index >= 15 is 0 Å². The second-order valence-electron chi connectivity index (χ2n) is 7.52. The average molecular weight is 424 g/mol. The first-order valence-electron chi connectivity index (χ1n) is 10.4. The van der Waals surface area contributed by atoms with Crippen LogP contribution in [0.1, 0.15) is 16.8 Å². The van der Waals surface area contributed by atoms with Gasteiger partial charge in [0, 0.05) is 12.2 Å². The first-order valence-corrected chi connectivity index (χ1v) is 10.4. The zero-order chi connectivity index (χ0) is 22.5. The fraction of sp³-hybridized carbons (Fsp3) is 0.154. The molecule has 0 aliphatic carbocycles. The van der Waals surface area contributed by atoms with Crippen LogP contribution in [-0.4, -0.2) is 17.4 Å². The standard InChI is InChI=1S/C26H22BFN2O2/c1-18-23(27)26(31)30(16-15-19-9-4-2-5-10-19)25(29-18)21-13-8-14-22(28)24(21)32-17-20-11-6-3-7-12-20/h2-14H,15-17H2,1H3. The van der Waals surface area contributed by atoms with Crippen LogP contribution in [0.25, 0.3) is 11.4 Å². The predicted octanol–water partition coefficient (Wildman–Crippen LogP) is 3.97. The van der Waals surface area contributed by atoms with Crippen LogP contribution in [0.5, 0.6) is 5.75 Å². The molecule has 0 N–H and O–H groups in total. The summed E-state index contributed by atoms with van der Waals surface area (Å²) in [5.74, 6) is -0.127. The molecular weight excluding hydrogens is 402 g/mol. The van der Waals surface area contributed by atoms with Crippen LogP contribution in [0.15, 0.2) is 83.7 Å². The van der Waals surface area contributed by atoms with Gasteiger partial charge in [-0.2, -0.15) is 0 Å². The van der Waals surface area contributed by atoms with E-state index in [2.05, 4.69) is 4.98 Å². The van der Waals surface area contributed by atoms with E-state index in [-0.39, 0.29) is 23.4 Å². The molecular formula is C26H22BFN2O2. The van der Waals surface area contributed by atoms with E-state index in [0.717, 1.165) is 11.1 Å². The highest BCUT2D eigenvalue weighted by molar-refractivity contribution is 6.32. The molecule has 0 amide bonds. The number of nitrogens with zero attached hydrogens (tertiary/aromatic N) is 2. The van der Waals surface area contributed by atoms with Crippen molar-refractivity contribution in [1.82, 2.24) is 9.55 Å². The van der Waals surface area contributed by atoms with Gasteiger partial charge < -0.3 is 4.74 Å². The van der Waals surface area contributed by atoms with Crippen molar-refractivity contribution < 1.29 is 9.13 Å². The van der Waals surface area contributed by atoms with Crippen molar-refractivity contribution in [2.24, 2.45) is 0 Å². The van der Waals surface area contributed by atoms with Gasteiger partial charge in [0.25, 0.3) is 0 Å². The molecule has 4 aromatic rings. The van der Waals surface area contributed by atoms with E-state index in [9.17, 15) is 9.18 Å². The van der Waals surface area contributed by atoms with Crippen molar-refractivity contribution >= 4 is 13.3 Å². The fourth-order valence-corrected chi connectivity index (χ4v) is 3.54. The van der Waals surface area contributed by atoms with Crippen LogP contribution in [0.2, 0.25) is 0 Å². The molecule has 0 spiro atoms. The maximum atomic E-state index is 14.8. The lowest BCUT2D eigenvalue weighted by atomic mass is 9.95. The van der Waals surface area contributed by atoms with Gasteiger partial charge in [0.2, 0.25) is 5.56 Å². The summed E-state index contributed by atoms with van der Waals surface area (Å²) in [7, 11) is 6.00. The summed E-state index contributed by atoms with van der Waals surface area (Å²) in [5, 5.41) is 0. The monoisotopic (exact) mass is 424 g/mol. The Morgan fingerprint density at radius 1 is 0.938 bits per heavy atom. The molecule has 6 heteroatoms. The Kier molecular flexibility index (Phi) is 6.50. The van der Waals surface area contributed by atoms with Gasteiger partial charge in [0.15, 0.2) is 11.6 Å². The Morgan fingerprint density at radius 2 is 1.59 bits per heavy atom. The van der Waals surface area contributed by atoms with E-state index in [1.807, 2.05) is 60.7 Å². The number of hydrogen-bond acceptors (Lipinski definition) is 3. The minimum absolute atomic E-state index is 0.0564. The molecule has 158 valence electrons. The zero-order valence-electron chi connectivity index (χ0n) is 17.8. The van der Waals surface area contributed by atoms with Gasteiger partial charge in [0.05, 0.1) is 5.56 Å². The molecule has 0 atom stereocenters. The Balaban J connectivity index is 1.75.